The second kappa shape index (κ2) is 11.1. The van der Waals surface area contributed by atoms with Gasteiger partial charge in [-0.05, 0) is 91.6 Å². The van der Waals surface area contributed by atoms with Crippen LogP contribution in [0.25, 0.3) is 0 Å². The Morgan fingerprint density at radius 3 is 2.53 bits per heavy atom. The van der Waals surface area contributed by atoms with Gasteiger partial charge in [-0.15, -0.1) is 0 Å². The first-order valence-electron chi connectivity index (χ1n) is 11.6. The lowest BCUT2D eigenvalue weighted by Gasteiger charge is -2.50. The van der Waals surface area contributed by atoms with E-state index >= 15 is 0 Å². The first kappa shape index (κ1) is 24.7. The van der Waals surface area contributed by atoms with Crippen LogP contribution in [-0.2, 0) is 4.74 Å². The number of hydrogen-bond donors (Lipinski definition) is 1. The van der Waals surface area contributed by atoms with E-state index in [-0.39, 0.29) is 11.6 Å². The zero-order valence-corrected chi connectivity index (χ0v) is 20.0. The van der Waals surface area contributed by atoms with Crippen LogP contribution >= 0.6 is 0 Å². The van der Waals surface area contributed by atoms with E-state index in [2.05, 4.69) is 66.4 Å². The average Bonchev–Trinajstić information content (AvgIpc) is 2.96. The molecule has 2 rings (SSSR count). The molecule has 5 nitrogen and oxygen atoms in total. The summed E-state index contributed by atoms with van der Waals surface area (Å²) >= 11 is 0. The number of nitrogens with zero attached hydrogens (tertiary/aromatic N) is 2. The number of hydrogen-bond acceptors (Lipinski definition) is 4. The highest BCUT2D eigenvalue weighted by Gasteiger charge is 2.42. The number of nitrogens with one attached hydrogen (secondary N) is 1. The molecule has 0 radical (unpaired) electrons. The van der Waals surface area contributed by atoms with Crippen LogP contribution in [0, 0.1) is 5.92 Å². The molecule has 1 saturated heterocycles. The van der Waals surface area contributed by atoms with Gasteiger partial charge in [-0.25, -0.2) is 4.79 Å². The Labute approximate surface area is 184 Å². The summed E-state index contributed by atoms with van der Waals surface area (Å²) < 4.78 is 5.42. The number of ether oxygens (including phenoxy) is 1. The second-order valence-corrected chi connectivity index (χ2v) is 9.82. The maximum atomic E-state index is 12.1. The van der Waals surface area contributed by atoms with Crippen LogP contribution in [0.3, 0.4) is 0 Å². The van der Waals surface area contributed by atoms with Crippen molar-refractivity contribution in [3.63, 3.8) is 0 Å². The molecular weight excluding hydrogens is 374 g/mol. The first-order chi connectivity index (χ1) is 14.2. The molecule has 5 heteroatoms. The van der Waals surface area contributed by atoms with Gasteiger partial charge in [0.2, 0.25) is 0 Å². The third-order valence-electron chi connectivity index (χ3n) is 6.30. The van der Waals surface area contributed by atoms with Crippen LogP contribution in [0.1, 0.15) is 60.3 Å². The van der Waals surface area contributed by atoms with E-state index in [1.807, 2.05) is 20.8 Å². The predicted octanol–water partition coefficient (Wildman–Crippen LogP) is 4.77. The first-order valence-corrected chi connectivity index (χ1v) is 11.6. The van der Waals surface area contributed by atoms with E-state index in [0.717, 1.165) is 39.0 Å². The van der Waals surface area contributed by atoms with Crippen molar-refractivity contribution in [2.75, 3.05) is 39.8 Å². The maximum absolute atomic E-state index is 12.1. The molecule has 170 valence electrons. The van der Waals surface area contributed by atoms with Crippen molar-refractivity contribution < 1.29 is 9.53 Å². The quantitative estimate of drug-likeness (QED) is 0.618. The van der Waals surface area contributed by atoms with Gasteiger partial charge in [0, 0.05) is 18.6 Å². The minimum absolute atomic E-state index is 0.0462. The topological polar surface area (TPSA) is 44.8 Å². The number of piperidine rings is 1. The molecule has 2 aliphatic rings. The molecule has 0 aromatic rings. The fourth-order valence-electron chi connectivity index (χ4n) is 4.66. The summed E-state index contributed by atoms with van der Waals surface area (Å²) in [5, 5.41) is 2.96. The molecular formula is C25H43N3O2. The Morgan fingerprint density at radius 2 is 1.90 bits per heavy atom. The van der Waals surface area contributed by atoms with E-state index < -0.39 is 5.60 Å². The average molecular weight is 418 g/mol. The van der Waals surface area contributed by atoms with Crippen LogP contribution in [0.15, 0.2) is 36.0 Å². The Kier molecular flexibility index (Phi) is 9.17. The lowest BCUT2D eigenvalue weighted by Crippen LogP contribution is -2.57. The lowest BCUT2D eigenvalue weighted by molar-refractivity contribution is 0.0393. The minimum atomic E-state index is -0.473. The Bertz CT molecular complexity index is 639. The molecule has 1 atom stereocenters. The summed E-state index contributed by atoms with van der Waals surface area (Å²) in [7, 11) is 2.22. The number of alkyl carbamates (subject to hydrolysis) is 1. The molecule has 30 heavy (non-hydrogen) atoms. The standard InChI is InChI=1S/C25H43N3O2/c1-7-17-28(20-16-26-23(29)30-24(2,3)4)25(5,21-12-10-8-9-11-13-21)22-14-18-27(6)19-15-22/h8-10,12-13,22H,7,11,14-20H2,1-6H3,(H,26,29). The highest BCUT2D eigenvalue weighted by Crippen LogP contribution is 2.40. The zero-order chi connectivity index (χ0) is 22.2. The Morgan fingerprint density at radius 1 is 1.20 bits per heavy atom. The van der Waals surface area contributed by atoms with Crippen LogP contribution in [0.4, 0.5) is 4.79 Å². The molecule has 0 aromatic heterocycles. The lowest BCUT2D eigenvalue weighted by atomic mass is 9.72. The molecule has 1 fully saturated rings. The van der Waals surface area contributed by atoms with Crippen LogP contribution in [0.5, 0.6) is 0 Å². The van der Waals surface area contributed by atoms with Gasteiger partial charge in [0.05, 0.1) is 0 Å². The van der Waals surface area contributed by atoms with Crippen LogP contribution in [-0.4, -0.2) is 66.8 Å². The van der Waals surface area contributed by atoms with Gasteiger partial charge in [0.25, 0.3) is 0 Å². The van der Waals surface area contributed by atoms with E-state index in [0.29, 0.717) is 12.5 Å². The Hall–Kier alpha value is -1.59. The van der Waals surface area contributed by atoms with E-state index in [1.165, 1.54) is 18.4 Å². The van der Waals surface area contributed by atoms with Gasteiger partial charge < -0.3 is 15.0 Å². The summed E-state index contributed by atoms with van der Waals surface area (Å²) in [6, 6.07) is 0. The number of carbonyl (C=O) groups is 1. The van der Waals surface area contributed by atoms with Crippen molar-refractivity contribution in [2.45, 2.75) is 71.4 Å². The molecule has 1 heterocycles. The van der Waals surface area contributed by atoms with Crippen molar-refractivity contribution in [1.82, 2.24) is 15.1 Å². The SMILES string of the molecule is CCCN(CCNC(=O)OC(C)(C)C)C(C)(C1=CCC=CC=C1)C1CCN(C)CC1. The summed E-state index contributed by atoms with van der Waals surface area (Å²) in [4.78, 5) is 17.2. The summed E-state index contributed by atoms with van der Waals surface area (Å²) in [5.74, 6) is 0.593. The smallest absolute Gasteiger partial charge is 0.407 e. The van der Waals surface area contributed by atoms with Gasteiger partial charge in [0.1, 0.15) is 5.60 Å². The molecule has 1 unspecified atom stereocenters. The van der Waals surface area contributed by atoms with Gasteiger partial charge in [-0.1, -0.05) is 37.3 Å². The van der Waals surface area contributed by atoms with Crippen LogP contribution in [0.2, 0.25) is 0 Å². The number of allylic oxidation sites excluding steroid dienone is 4. The van der Waals surface area contributed by atoms with Gasteiger partial charge >= 0.3 is 6.09 Å². The number of rotatable bonds is 8. The molecule has 0 aromatic carbocycles. The maximum Gasteiger partial charge on any atom is 0.407 e. The molecule has 0 bridgehead atoms. The Balaban J connectivity index is 2.19. The van der Waals surface area contributed by atoms with Crippen molar-refractivity contribution in [1.29, 1.82) is 0 Å². The van der Waals surface area contributed by atoms with Gasteiger partial charge in [-0.3, -0.25) is 4.90 Å². The normalized spacial score (nSPS) is 20.6. The third kappa shape index (κ3) is 6.98. The summed E-state index contributed by atoms with van der Waals surface area (Å²) in [6.07, 6.45) is 15.3. The number of amides is 1. The van der Waals surface area contributed by atoms with Gasteiger partial charge in [0.15, 0.2) is 0 Å². The second-order valence-electron chi connectivity index (χ2n) is 9.82. The van der Waals surface area contributed by atoms with Crippen molar-refractivity contribution in [3.8, 4) is 0 Å². The van der Waals surface area contributed by atoms with Crippen molar-refractivity contribution in [2.24, 2.45) is 5.92 Å². The fraction of sp³-hybridized carbons (Fsp3) is 0.720. The summed E-state index contributed by atoms with van der Waals surface area (Å²) in [5.41, 5.74) is 0.890. The zero-order valence-electron chi connectivity index (χ0n) is 20.0. The van der Waals surface area contributed by atoms with Gasteiger partial charge in [-0.2, -0.15) is 0 Å². The molecule has 1 aliphatic heterocycles. The largest absolute Gasteiger partial charge is 0.444 e. The third-order valence-corrected chi connectivity index (χ3v) is 6.30. The molecule has 1 N–H and O–H groups in total. The van der Waals surface area contributed by atoms with E-state index in [1.54, 1.807) is 0 Å². The summed E-state index contributed by atoms with van der Waals surface area (Å²) in [6.45, 7) is 15.1. The van der Waals surface area contributed by atoms with Crippen molar-refractivity contribution in [3.05, 3.63) is 36.0 Å². The molecule has 0 saturated carbocycles. The highest BCUT2D eigenvalue weighted by atomic mass is 16.6. The monoisotopic (exact) mass is 417 g/mol. The van der Waals surface area contributed by atoms with Crippen molar-refractivity contribution >= 4 is 6.09 Å². The highest BCUT2D eigenvalue weighted by molar-refractivity contribution is 5.67. The fourth-order valence-corrected chi connectivity index (χ4v) is 4.66. The van der Waals surface area contributed by atoms with Crippen LogP contribution < -0.4 is 5.32 Å². The predicted molar refractivity (Wildman–Crippen MR) is 126 cm³/mol. The number of likely N-dealkylation sites (tertiary alicyclic amines) is 1. The van der Waals surface area contributed by atoms with E-state index in [9.17, 15) is 4.79 Å². The molecule has 1 amide bonds. The van der Waals surface area contributed by atoms with E-state index in [4.69, 9.17) is 4.74 Å². The number of carbonyl (C=O) groups excluding carboxylic acids is 1. The molecule has 1 aliphatic carbocycles. The molecule has 0 spiro atoms. The minimum Gasteiger partial charge on any atom is -0.444 e.